The number of hydrogen-bond donors (Lipinski definition) is 1. The van der Waals surface area contributed by atoms with E-state index in [1.54, 1.807) is 0 Å². The molecule has 0 radical (unpaired) electrons. The summed E-state index contributed by atoms with van der Waals surface area (Å²) >= 11 is 0. The van der Waals surface area contributed by atoms with E-state index in [2.05, 4.69) is 5.32 Å². The Morgan fingerprint density at radius 3 is 2.53 bits per heavy atom. The van der Waals surface area contributed by atoms with Crippen LogP contribution >= 0.6 is 0 Å². The Labute approximate surface area is 199 Å². The molecule has 1 aliphatic heterocycles. The maximum atomic E-state index is 13.9. The average Bonchev–Trinajstić information content (AvgIpc) is 3.22. The van der Waals surface area contributed by atoms with Crippen LogP contribution in [0.25, 0.3) is 11.0 Å². The molecule has 0 spiro atoms. The Bertz CT molecular complexity index is 1380. The van der Waals surface area contributed by atoms with Crippen LogP contribution in [0.3, 0.4) is 0 Å². The molecular formula is C28H28N4O2. The van der Waals surface area contributed by atoms with Crippen LogP contribution in [0, 0.1) is 13.8 Å². The lowest BCUT2D eigenvalue weighted by molar-refractivity contribution is -0.142. The third-order valence-corrected chi connectivity index (χ3v) is 6.59. The topological polar surface area (TPSA) is 67.2 Å². The summed E-state index contributed by atoms with van der Waals surface area (Å²) in [6.45, 7) is 6.43. The first-order chi connectivity index (χ1) is 16.4. The monoisotopic (exact) mass is 452 g/mol. The molecule has 0 aliphatic carbocycles. The van der Waals surface area contributed by atoms with Gasteiger partial charge in [-0.3, -0.25) is 9.59 Å². The molecule has 0 saturated carbocycles. The van der Waals surface area contributed by atoms with Crippen LogP contribution in [-0.2, 0) is 16.1 Å². The summed E-state index contributed by atoms with van der Waals surface area (Å²) in [6, 6.07) is 22.8. The number of hydrogen-bond acceptors (Lipinski definition) is 3. The van der Waals surface area contributed by atoms with Crippen molar-refractivity contribution >= 4 is 28.5 Å². The zero-order chi connectivity index (χ0) is 23.8. The number of rotatable bonds is 5. The van der Waals surface area contributed by atoms with Gasteiger partial charge in [0.25, 0.3) is 0 Å². The first-order valence-corrected chi connectivity index (χ1v) is 11.6. The van der Waals surface area contributed by atoms with Crippen LogP contribution in [-0.4, -0.2) is 26.3 Å². The summed E-state index contributed by atoms with van der Waals surface area (Å²) in [6.07, 6.45) is 0.0393. The van der Waals surface area contributed by atoms with Crippen molar-refractivity contribution in [1.29, 1.82) is 0 Å². The summed E-state index contributed by atoms with van der Waals surface area (Å²) in [5.41, 5.74) is 5.59. The van der Waals surface area contributed by atoms with Gasteiger partial charge in [0.1, 0.15) is 11.9 Å². The minimum absolute atomic E-state index is 0.0393. The normalized spacial score (nSPS) is 17.6. The number of aryl methyl sites for hydroxylation is 2. The smallest absolute Gasteiger partial charge is 0.247 e. The molecule has 2 amide bonds. The van der Waals surface area contributed by atoms with Crippen molar-refractivity contribution in [2.45, 2.75) is 45.8 Å². The molecule has 3 aromatic carbocycles. The van der Waals surface area contributed by atoms with Crippen molar-refractivity contribution < 1.29 is 9.59 Å². The summed E-state index contributed by atoms with van der Waals surface area (Å²) < 4.78 is 1.96. The van der Waals surface area contributed by atoms with Crippen LogP contribution in [0.4, 0.5) is 5.69 Å². The number of benzene rings is 3. The number of imidazole rings is 1. The number of anilines is 1. The van der Waals surface area contributed by atoms with Crippen molar-refractivity contribution in [3.8, 4) is 0 Å². The van der Waals surface area contributed by atoms with Crippen LogP contribution in [0.15, 0.2) is 72.8 Å². The Hall–Kier alpha value is -3.93. The molecule has 5 rings (SSSR count). The SMILES string of the molecule is Cc1ccc(C)c(NC(=O)C[C@H]2C(=O)N(Cc3ccccc3)[C@H](C)c3nc4ccccc4n32)c1. The Morgan fingerprint density at radius 2 is 1.74 bits per heavy atom. The number of carbonyl (C=O) groups is 2. The lowest BCUT2D eigenvalue weighted by Crippen LogP contribution is -2.45. The fourth-order valence-corrected chi connectivity index (χ4v) is 4.74. The van der Waals surface area contributed by atoms with Gasteiger partial charge in [0, 0.05) is 12.2 Å². The molecule has 0 unspecified atom stereocenters. The molecule has 1 aromatic heterocycles. The summed E-state index contributed by atoms with van der Waals surface area (Å²) in [7, 11) is 0. The van der Waals surface area contributed by atoms with E-state index in [0.29, 0.717) is 6.54 Å². The fraction of sp³-hybridized carbons (Fsp3) is 0.250. The zero-order valence-corrected chi connectivity index (χ0v) is 19.7. The third kappa shape index (κ3) is 3.96. The van der Waals surface area contributed by atoms with Gasteiger partial charge < -0.3 is 14.8 Å². The number of nitrogens with one attached hydrogen (secondary N) is 1. The molecule has 4 aromatic rings. The lowest BCUT2D eigenvalue weighted by atomic mass is 10.0. The molecule has 0 saturated heterocycles. The van der Waals surface area contributed by atoms with Crippen LogP contribution < -0.4 is 5.32 Å². The third-order valence-electron chi connectivity index (χ3n) is 6.59. The molecule has 0 bridgehead atoms. The highest BCUT2D eigenvalue weighted by Crippen LogP contribution is 2.37. The molecule has 6 heteroatoms. The molecule has 1 N–H and O–H groups in total. The van der Waals surface area contributed by atoms with Gasteiger partial charge in [0.2, 0.25) is 11.8 Å². The predicted molar refractivity (Wildman–Crippen MR) is 133 cm³/mol. The van der Waals surface area contributed by atoms with Crippen molar-refractivity contribution in [1.82, 2.24) is 14.5 Å². The van der Waals surface area contributed by atoms with E-state index in [1.807, 2.05) is 103 Å². The predicted octanol–water partition coefficient (Wildman–Crippen LogP) is 5.33. The first kappa shape index (κ1) is 21.9. The van der Waals surface area contributed by atoms with Crippen molar-refractivity contribution in [3.63, 3.8) is 0 Å². The van der Waals surface area contributed by atoms with Crippen molar-refractivity contribution in [2.75, 3.05) is 5.32 Å². The summed E-state index contributed by atoms with van der Waals surface area (Å²) in [4.78, 5) is 33.7. The number of para-hydroxylation sites is 2. The molecule has 2 atom stereocenters. The Kier molecular flexibility index (Phi) is 5.65. The number of aromatic nitrogens is 2. The van der Waals surface area contributed by atoms with Gasteiger partial charge in [0.05, 0.1) is 23.5 Å². The first-order valence-electron chi connectivity index (χ1n) is 11.6. The van der Waals surface area contributed by atoms with Crippen molar-refractivity contribution in [2.24, 2.45) is 0 Å². The highest BCUT2D eigenvalue weighted by molar-refractivity contribution is 5.96. The maximum absolute atomic E-state index is 13.9. The molecular weight excluding hydrogens is 424 g/mol. The summed E-state index contributed by atoms with van der Waals surface area (Å²) in [5.74, 6) is 0.550. The lowest BCUT2D eigenvalue weighted by Gasteiger charge is -2.38. The van der Waals surface area contributed by atoms with E-state index >= 15 is 0 Å². The fourth-order valence-electron chi connectivity index (χ4n) is 4.74. The quantitative estimate of drug-likeness (QED) is 0.445. The van der Waals surface area contributed by atoms with Gasteiger partial charge in [-0.1, -0.05) is 54.6 Å². The second-order valence-corrected chi connectivity index (χ2v) is 9.04. The van der Waals surface area contributed by atoms with Crippen LogP contribution in [0.5, 0.6) is 0 Å². The molecule has 0 fully saturated rings. The summed E-state index contributed by atoms with van der Waals surface area (Å²) in [5, 5.41) is 3.02. The van der Waals surface area contributed by atoms with Gasteiger partial charge in [-0.2, -0.15) is 0 Å². The second kappa shape index (κ2) is 8.78. The van der Waals surface area contributed by atoms with E-state index < -0.39 is 6.04 Å². The average molecular weight is 453 g/mol. The molecule has 2 heterocycles. The molecule has 6 nitrogen and oxygen atoms in total. The molecule has 34 heavy (non-hydrogen) atoms. The number of amides is 2. The van der Waals surface area contributed by atoms with E-state index in [-0.39, 0.29) is 24.3 Å². The minimum Gasteiger partial charge on any atom is -0.327 e. The zero-order valence-electron chi connectivity index (χ0n) is 19.7. The van der Waals surface area contributed by atoms with Gasteiger partial charge in [-0.05, 0) is 55.7 Å². The van der Waals surface area contributed by atoms with Gasteiger partial charge >= 0.3 is 0 Å². The standard InChI is InChI=1S/C28H28N4O2/c1-18-13-14-19(2)23(15-18)29-26(33)16-25-28(34)31(17-21-9-5-4-6-10-21)20(3)27-30-22-11-7-8-12-24(22)32(25)27/h4-15,20,25H,16-17H2,1-3H3,(H,29,33)/t20-,25+/m1/s1. The molecule has 1 aliphatic rings. The number of carbonyl (C=O) groups excluding carboxylic acids is 2. The number of fused-ring (bicyclic) bond motifs is 3. The van der Waals surface area contributed by atoms with E-state index in [9.17, 15) is 9.59 Å². The Morgan fingerprint density at radius 1 is 1.00 bits per heavy atom. The van der Waals surface area contributed by atoms with E-state index in [0.717, 1.165) is 39.2 Å². The molecule has 172 valence electrons. The highest BCUT2D eigenvalue weighted by atomic mass is 16.2. The van der Waals surface area contributed by atoms with Gasteiger partial charge in [-0.15, -0.1) is 0 Å². The largest absolute Gasteiger partial charge is 0.327 e. The Balaban J connectivity index is 1.51. The van der Waals surface area contributed by atoms with Crippen molar-refractivity contribution in [3.05, 3.63) is 95.3 Å². The van der Waals surface area contributed by atoms with E-state index in [4.69, 9.17) is 4.98 Å². The maximum Gasteiger partial charge on any atom is 0.247 e. The van der Waals surface area contributed by atoms with Gasteiger partial charge in [0.15, 0.2) is 0 Å². The van der Waals surface area contributed by atoms with Crippen LogP contribution in [0.1, 0.15) is 47.9 Å². The van der Waals surface area contributed by atoms with E-state index in [1.165, 1.54) is 0 Å². The second-order valence-electron chi connectivity index (χ2n) is 9.04. The number of nitrogens with zero attached hydrogens (tertiary/aromatic N) is 3. The van der Waals surface area contributed by atoms with Crippen LogP contribution in [0.2, 0.25) is 0 Å². The van der Waals surface area contributed by atoms with Gasteiger partial charge in [-0.25, -0.2) is 4.98 Å². The highest BCUT2D eigenvalue weighted by Gasteiger charge is 2.40. The minimum atomic E-state index is -0.660.